The van der Waals surface area contributed by atoms with E-state index in [0.717, 1.165) is 18.5 Å². The molecule has 17 heavy (non-hydrogen) atoms. The lowest BCUT2D eigenvalue weighted by molar-refractivity contribution is 0.581. The molecule has 1 fully saturated rings. The van der Waals surface area contributed by atoms with Crippen molar-refractivity contribution in [1.29, 1.82) is 0 Å². The lowest BCUT2D eigenvalue weighted by Crippen LogP contribution is -2.25. The molecule has 1 aromatic rings. The van der Waals surface area contributed by atoms with Gasteiger partial charge < -0.3 is 5.32 Å². The third kappa shape index (κ3) is 3.31. The highest BCUT2D eigenvalue weighted by molar-refractivity contribution is 7.89. The quantitative estimate of drug-likeness (QED) is 0.758. The van der Waals surface area contributed by atoms with Gasteiger partial charge in [0.15, 0.2) is 0 Å². The van der Waals surface area contributed by atoms with Gasteiger partial charge in [0, 0.05) is 18.3 Å². The van der Waals surface area contributed by atoms with Crippen molar-refractivity contribution in [3.8, 4) is 0 Å². The van der Waals surface area contributed by atoms with Crippen LogP contribution in [0, 0.1) is 0 Å². The topological polar surface area (TPSA) is 58.2 Å². The van der Waals surface area contributed by atoms with Gasteiger partial charge in [-0.15, -0.1) is 6.58 Å². The van der Waals surface area contributed by atoms with Crippen LogP contribution in [0.15, 0.2) is 41.8 Å². The van der Waals surface area contributed by atoms with Crippen molar-refractivity contribution in [2.24, 2.45) is 0 Å². The zero-order chi connectivity index (χ0) is 12.3. The Bertz CT molecular complexity index is 490. The van der Waals surface area contributed by atoms with E-state index in [9.17, 15) is 8.42 Å². The average molecular weight is 252 g/mol. The van der Waals surface area contributed by atoms with Gasteiger partial charge in [-0.2, -0.15) is 0 Å². The molecule has 92 valence electrons. The Morgan fingerprint density at radius 3 is 2.47 bits per heavy atom. The number of hydrogen-bond donors (Lipinski definition) is 2. The molecule has 1 saturated carbocycles. The molecule has 1 aromatic carbocycles. The predicted molar refractivity (Wildman–Crippen MR) is 68.5 cm³/mol. The Morgan fingerprint density at radius 2 is 1.94 bits per heavy atom. The van der Waals surface area contributed by atoms with Crippen LogP contribution in [0.2, 0.25) is 0 Å². The minimum absolute atomic E-state index is 0.138. The minimum Gasteiger partial charge on any atom is -0.382 e. The van der Waals surface area contributed by atoms with Crippen LogP contribution in [0.5, 0.6) is 0 Å². The first-order valence-corrected chi connectivity index (χ1v) is 7.07. The highest BCUT2D eigenvalue weighted by atomic mass is 32.2. The highest BCUT2D eigenvalue weighted by Gasteiger charge is 2.27. The second-order valence-electron chi connectivity index (χ2n) is 4.09. The Morgan fingerprint density at radius 1 is 1.29 bits per heavy atom. The maximum Gasteiger partial charge on any atom is 0.240 e. The molecule has 0 saturated heterocycles. The van der Waals surface area contributed by atoms with Crippen LogP contribution in [-0.4, -0.2) is 21.0 Å². The van der Waals surface area contributed by atoms with Crippen molar-refractivity contribution in [2.45, 2.75) is 23.8 Å². The summed E-state index contributed by atoms with van der Waals surface area (Å²) in [6, 6.07) is 6.86. The zero-order valence-corrected chi connectivity index (χ0v) is 10.3. The first-order valence-electron chi connectivity index (χ1n) is 5.59. The van der Waals surface area contributed by atoms with E-state index in [1.54, 1.807) is 30.3 Å². The molecule has 0 unspecified atom stereocenters. The van der Waals surface area contributed by atoms with Crippen LogP contribution < -0.4 is 10.0 Å². The standard InChI is InChI=1S/C12H16N2O2S/c1-2-9-13-10-5-7-12(8-6-10)17(15,16)14-11-3-4-11/h2,5-8,11,13-14H,1,3-4,9H2. The lowest BCUT2D eigenvalue weighted by Gasteiger charge is -2.07. The average Bonchev–Trinajstić information content (AvgIpc) is 3.10. The van der Waals surface area contributed by atoms with Crippen LogP contribution in [0.3, 0.4) is 0 Å². The fourth-order valence-electron chi connectivity index (χ4n) is 1.43. The summed E-state index contributed by atoms with van der Waals surface area (Å²) in [6.45, 7) is 4.26. The van der Waals surface area contributed by atoms with Crippen LogP contribution in [-0.2, 0) is 10.0 Å². The van der Waals surface area contributed by atoms with E-state index in [4.69, 9.17) is 0 Å². The van der Waals surface area contributed by atoms with Gasteiger partial charge in [0.1, 0.15) is 0 Å². The maximum absolute atomic E-state index is 11.9. The summed E-state index contributed by atoms with van der Waals surface area (Å²) in [6.07, 6.45) is 3.63. The molecule has 0 aromatic heterocycles. The molecule has 0 bridgehead atoms. The number of anilines is 1. The summed E-state index contributed by atoms with van der Waals surface area (Å²) >= 11 is 0. The SMILES string of the molecule is C=CCNc1ccc(S(=O)(=O)NC2CC2)cc1. The molecule has 2 N–H and O–H groups in total. The van der Waals surface area contributed by atoms with E-state index in [1.807, 2.05) is 0 Å². The molecule has 2 rings (SSSR count). The second kappa shape index (κ2) is 4.89. The Kier molecular flexibility index (Phi) is 3.49. The van der Waals surface area contributed by atoms with E-state index in [2.05, 4.69) is 16.6 Å². The lowest BCUT2D eigenvalue weighted by atomic mass is 10.3. The van der Waals surface area contributed by atoms with Crippen molar-refractivity contribution < 1.29 is 8.42 Å². The fourth-order valence-corrected chi connectivity index (χ4v) is 2.74. The van der Waals surface area contributed by atoms with Gasteiger partial charge in [-0.1, -0.05) is 6.08 Å². The summed E-state index contributed by atoms with van der Waals surface area (Å²) in [5, 5.41) is 3.09. The predicted octanol–water partition coefficient (Wildman–Crippen LogP) is 1.73. The second-order valence-corrected chi connectivity index (χ2v) is 5.80. The molecular weight excluding hydrogens is 236 g/mol. The van der Waals surface area contributed by atoms with E-state index in [0.29, 0.717) is 11.4 Å². The number of hydrogen-bond acceptors (Lipinski definition) is 3. The van der Waals surface area contributed by atoms with Gasteiger partial charge >= 0.3 is 0 Å². The molecule has 4 nitrogen and oxygen atoms in total. The Balaban J connectivity index is 2.08. The monoisotopic (exact) mass is 252 g/mol. The Hall–Kier alpha value is -1.33. The Labute approximate surface area is 102 Å². The number of rotatable bonds is 6. The van der Waals surface area contributed by atoms with E-state index in [1.165, 1.54) is 0 Å². The molecule has 0 atom stereocenters. The summed E-state index contributed by atoms with van der Waals surface area (Å²) in [5.74, 6) is 0. The highest BCUT2D eigenvalue weighted by Crippen LogP contribution is 2.22. The van der Waals surface area contributed by atoms with Crippen LogP contribution >= 0.6 is 0 Å². The molecule has 1 aliphatic carbocycles. The maximum atomic E-state index is 11.9. The van der Waals surface area contributed by atoms with Crippen molar-refractivity contribution in [2.75, 3.05) is 11.9 Å². The van der Waals surface area contributed by atoms with Gasteiger partial charge in [-0.3, -0.25) is 0 Å². The normalized spacial score (nSPS) is 15.5. The van der Waals surface area contributed by atoms with Crippen LogP contribution in [0.25, 0.3) is 0 Å². The van der Waals surface area contributed by atoms with E-state index < -0.39 is 10.0 Å². The van der Waals surface area contributed by atoms with Crippen molar-refractivity contribution in [3.05, 3.63) is 36.9 Å². The molecule has 0 radical (unpaired) electrons. The largest absolute Gasteiger partial charge is 0.382 e. The van der Waals surface area contributed by atoms with Gasteiger partial charge in [-0.25, -0.2) is 13.1 Å². The first-order chi connectivity index (χ1) is 8.12. The third-order valence-corrected chi connectivity index (χ3v) is 4.05. The van der Waals surface area contributed by atoms with E-state index >= 15 is 0 Å². The molecule has 0 heterocycles. The first kappa shape index (κ1) is 12.1. The fraction of sp³-hybridized carbons (Fsp3) is 0.333. The van der Waals surface area contributed by atoms with Crippen molar-refractivity contribution >= 4 is 15.7 Å². The molecule has 5 heteroatoms. The summed E-state index contributed by atoms with van der Waals surface area (Å²) < 4.78 is 26.4. The number of sulfonamides is 1. The molecule has 1 aliphatic rings. The van der Waals surface area contributed by atoms with Crippen molar-refractivity contribution in [3.63, 3.8) is 0 Å². The van der Waals surface area contributed by atoms with Gasteiger partial charge in [-0.05, 0) is 37.1 Å². The van der Waals surface area contributed by atoms with Crippen molar-refractivity contribution in [1.82, 2.24) is 4.72 Å². The number of nitrogens with one attached hydrogen (secondary N) is 2. The summed E-state index contributed by atoms with van der Waals surface area (Å²) in [4.78, 5) is 0.313. The van der Waals surface area contributed by atoms with Gasteiger partial charge in [0.05, 0.1) is 4.90 Å². The third-order valence-electron chi connectivity index (χ3n) is 2.51. The zero-order valence-electron chi connectivity index (χ0n) is 9.52. The minimum atomic E-state index is -3.33. The smallest absolute Gasteiger partial charge is 0.240 e. The summed E-state index contributed by atoms with van der Waals surface area (Å²) in [7, 11) is -3.33. The van der Waals surface area contributed by atoms with E-state index in [-0.39, 0.29) is 6.04 Å². The number of benzene rings is 1. The van der Waals surface area contributed by atoms with Gasteiger partial charge in [0.25, 0.3) is 0 Å². The van der Waals surface area contributed by atoms with Crippen LogP contribution in [0.1, 0.15) is 12.8 Å². The molecule has 0 spiro atoms. The molecule has 0 aliphatic heterocycles. The summed E-state index contributed by atoms with van der Waals surface area (Å²) in [5.41, 5.74) is 0.885. The molecular formula is C12H16N2O2S. The molecule has 0 amide bonds. The van der Waals surface area contributed by atoms with Crippen LogP contribution in [0.4, 0.5) is 5.69 Å². The van der Waals surface area contributed by atoms with Gasteiger partial charge in [0.2, 0.25) is 10.0 Å².